The van der Waals surface area contributed by atoms with Crippen molar-refractivity contribution in [1.82, 2.24) is 4.90 Å². The fourth-order valence-electron chi connectivity index (χ4n) is 9.47. The van der Waals surface area contributed by atoms with Gasteiger partial charge in [-0.3, -0.25) is 19.3 Å². The van der Waals surface area contributed by atoms with Gasteiger partial charge in [0.25, 0.3) is 11.7 Å². The average molecular weight is 808 g/mol. The van der Waals surface area contributed by atoms with Crippen LogP contribution in [0.5, 0.6) is 0 Å². The lowest BCUT2D eigenvalue weighted by Crippen LogP contribution is -2.64. The van der Waals surface area contributed by atoms with Crippen LogP contribution in [0, 0.1) is 29.6 Å². The summed E-state index contributed by atoms with van der Waals surface area (Å²) in [5.41, 5.74) is 1.62. The molecule has 15 atom stereocenters. The van der Waals surface area contributed by atoms with E-state index in [9.17, 15) is 34.5 Å². The molecule has 0 radical (unpaired) electrons. The average Bonchev–Trinajstić information content (AvgIpc) is 3.62. The van der Waals surface area contributed by atoms with Crippen LogP contribution >= 0.6 is 0 Å². The molecule has 0 spiro atoms. The highest BCUT2D eigenvalue weighted by atomic mass is 16.7. The molecule has 3 aliphatic heterocycles. The smallest absolute Gasteiger partial charge is 0.329 e. The summed E-state index contributed by atoms with van der Waals surface area (Å²) in [5, 5.41) is 34.1. The maximum atomic E-state index is 14.3. The molecule has 4 aliphatic rings. The molecular formula is C43H69NO13. The lowest BCUT2D eigenvalue weighted by molar-refractivity contribution is -0.302. The Morgan fingerprint density at radius 3 is 2.14 bits per heavy atom. The van der Waals surface area contributed by atoms with Gasteiger partial charge in [0, 0.05) is 52.6 Å². The quantitative estimate of drug-likeness (QED) is 0.190. The number of carbonyl (C=O) groups is 4. The molecule has 1 amide bonds. The molecule has 324 valence electrons. The van der Waals surface area contributed by atoms with E-state index >= 15 is 0 Å². The number of amides is 1. The lowest BCUT2D eigenvalue weighted by atomic mass is 9.81. The van der Waals surface area contributed by atoms with Crippen LogP contribution in [0.15, 0.2) is 23.3 Å². The number of cyclic esters (lactones) is 1. The standard InChI is InChI=1S/C43H69NO13/c1-11-29-17-23(2)16-24(3)18-35(53-8)39-36(54-9)20-26(5)43(51,57-39)40(48)41(49)44-30(13-15-37(44)55-10)42(50)56-38(27(6)32(46)22-33(29)47)25(4)19-28-12-14-31(45)34(21-28)52-7/h17,19,24,26-32,34-39,45-46,51H,11-16,18,20-22H2,1-10H3/b23-17+,25-19+/t24-,26+,27+,28-,29+,30-,31+,32-,34+,35?,36-,37-,38+,39+,43+/m0/s1. The third kappa shape index (κ3) is 10.8. The molecule has 1 aliphatic carbocycles. The highest BCUT2D eigenvalue weighted by molar-refractivity contribution is 6.39. The molecule has 1 unspecified atom stereocenters. The second-order valence-electron chi connectivity index (χ2n) is 17.1. The van der Waals surface area contributed by atoms with Crippen molar-refractivity contribution in [2.24, 2.45) is 29.6 Å². The van der Waals surface area contributed by atoms with Crippen molar-refractivity contribution in [3.05, 3.63) is 23.3 Å². The third-order valence-electron chi connectivity index (χ3n) is 13.0. The van der Waals surface area contributed by atoms with Gasteiger partial charge in [0.2, 0.25) is 5.79 Å². The number of Topliss-reactive ketones (excluding diaryl/α,β-unsaturated/α-hetero) is 2. The van der Waals surface area contributed by atoms with E-state index in [4.69, 9.17) is 28.4 Å². The molecule has 14 nitrogen and oxygen atoms in total. The van der Waals surface area contributed by atoms with Gasteiger partial charge < -0.3 is 43.7 Å². The molecule has 0 aromatic rings. The molecule has 14 heteroatoms. The number of carbonyl (C=O) groups excluding carboxylic acids is 4. The van der Waals surface area contributed by atoms with Gasteiger partial charge >= 0.3 is 5.97 Å². The number of nitrogens with zero attached hydrogens (tertiary/aromatic N) is 1. The maximum absolute atomic E-state index is 14.3. The molecule has 3 N–H and O–H groups in total. The normalized spacial score (nSPS) is 42.2. The summed E-state index contributed by atoms with van der Waals surface area (Å²) in [7, 11) is 5.96. The van der Waals surface area contributed by atoms with Gasteiger partial charge in [0.1, 0.15) is 30.3 Å². The van der Waals surface area contributed by atoms with Gasteiger partial charge in [-0.1, -0.05) is 45.4 Å². The van der Waals surface area contributed by atoms with E-state index < -0.39 is 90.1 Å². The predicted octanol–water partition coefficient (Wildman–Crippen LogP) is 4.06. The number of ketones is 2. The Bertz CT molecular complexity index is 1470. The largest absolute Gasteiger partial charge is 0.456 e. The van der Waals surface area contributed by atoms with Gasteiger partial charge in [-0.05, 0) is 89.0 Å². The lowest BCUT2D eigenvalue weighted by Gasteiger charge is -2.46. The number of rotatable bonds is 7. The van der Waals surface area contributed by atoms with E-state index in [1.807, 2.05) is 32.9 Å². The highest BCUT2D eigenvalue weighted by Crippen LogP contribution is 2.40. The summed E-state index contributed by atoms with van der Waals surface area (Å²) < 4.78 is 35.3. The maximum Gasteiger partial charge on any atom is 0.329 e. The first-order chi connectivity index (χ1) is 26.9. The van der Waals surface area contributed by atoms with Crippen LogP contribution in [-0.4, -0.2) is 133 Å². The summed E-state index contributed by atoms with van der Waals surface area (Å²) >= 11 is 0. The van der Waals surface area contributed by atoms with E-state index in [0.717, 1.165) is 10.5 Å². The van der Waals surface area contributed by atoms with Crippen LogP contribution < -0.4 is 0 Å². The molecular weight excluding hydrogens is 738 g/mol. The fraction of sp³-hybridized carbons (Fsp3) is 0.814. The van der Waals surface area contributed by atoms with Gasteiger partial charge in [0.05, 0.1) is 30.5 Å². The Labute approximate surface area is 338 Å². The summed E-state index contributed by atoms with van der Waals surface area (Å²) in [6.07, 6.45) is 1.30. The molecule has 57 heavy (non-hydrogen) atoms. The van der Waals surface area contributed by atoms with Crippen LogP contribution in [0.2, 0.25) is 0 Å². The molecule has 0 aromatic carbocycles. The van der Waals surface area contributed by atoms with Crippen molar-refractivity contribution in [3.63, 3.8) is 0 Å². The number of hydrogen-bond donors (Lipinski definition) is 3. The first-order valence-electron chi connectivity index (χ1n) is 20.8. The third-order valence-corrected chi connectivity index (χ3v) is 13.0. The van der Waals surface area contributed by atoms with E-state index in [1.165, 1.54) is 21.3 Å². The van der Waals surface area contributed by atoms with Gasteiger partial charge in [-0.25, -0.2) is 4.79 Å². The Hall–Kier alpha value is -2.56. The van der Waals surface area contributed by atoms with Crippen LogP contribution in [0.25, 0.3) is 0 Å². The number of fused-ring (bicyclic) bond motifs is 3. The van der Waals surface area contributed by atoms with Gasteiger partial charge in [0.15, 0.2) is 0 Å². The first-order valence-corrected chi connectivity index (χ1v) is 20.8. The predicted molar refractivity (Wildman–Crippen MR) is 209 cm³/mol. The van der Waals surface area contributed by atoms with Crippen LogP contribution in [0.1, 0.15) is 106 Å². The Morgan fingerprint density at radius 2 is 1.53 bits per heavy atom. The highest BCUT2D eigenvalue weighted by Gasteiger charge is 2.58. The van der Waals surface area contributed by atoms with Crippen molar-refractivity contribution in [3.8, 4) is 0 Å². The molecule has 4 rings (SSSR count). The minimum absolute atomic E-state index is 0.0162. The number of aliphatic hydroxyl groups excluding tert-OH is 2. The number of aliphatic hydroxyl groups is 3. The number of hydrogen-bond acceptors (Lipinski definition) is 13. The van der Waals surface area contributed by atoms with E-state index in [2.05, 4.69) is 0 Å². The summed E-state index contributed by atoms with van der Waals surface area (Å²) in [5.74, 6) is -7.99. The summed E-state index contributed by atoms with van der Waals surface area (Å²) in [4.78, 5) is 57.8. The minimum Gasteiger partial charge on any atom is -0.456 e. The van der Waals surface area contributed by atoms with Crippen molar-refractivity contribution >= 4 is 23.4 Å². The van der Waals surface area contributed by atoms with E-state index in [0.29, 0.717) is 44.1 Å². The molecule has 0 aromatic heterocycles. The monoisotopic (exact) mass is 807 g/mol. The number of methoxy groups -OCH3 is 4. The Balaban J connectivity index is 1.79. The topological polar surface area (TPSA) is 188 Å². The summed E-state index contributed by atoms with van der Waals surface area (Å²) in [6.45, 7) is 11.1. The zero-order chi connectivity index (χ0) is 42.4. The Kier molecular flexibility index (Phi) is 17.0. The van der Waals surface area contributed by atoms with Crippen molar-refractivity contribution < 1.29 is 62.9 Å². The van der Waals surface area contributed by atoms with Gasteiger partial charge in [-0.2, -0.15) is 0 Å². The fourth-order valence-corrected chi connectivity index (χ4v) is 9.47. The zero-order valence-electron chi connectivity index (χ0n) is 35.7. The van der Waals surface area contributed by atoms with Crippen LogP contribution in [0.4, 0.5) is 0 Å². The van der Waals surface area contributed by atoms with E-state index in [-0.39, 0.29) is 49.4 Å². The van der Waals surface area contributed by atoms with Crippen molar-refractivity contribution in [1.29, 1.82) is 0 Å². The van der Waals surface area contributed by atoms with Crippen molar-refractivity contribution in [2.75, 3.05) is 28.4 Å². The second-order valence-corrected chi connectivity index (χ2v) is 17.1. The number of allylic oxidation sites excluding steroid dienone is 3. The summed E-state index contributed by atoms with van der Waals surface area (Å²) in [6, 6.07) is -1.26. The Morgan fingerprint density at radius 1 is 0.877 bits per heavy atom. The molecule has 2 saturated heterocycles. The van der Waals surface area contributed by atoms with Gasteiger partial charge in [-0.15, -0.1) is 0 Å². The van der Waals surface area contributed by atoms with Crippen molar-refractivity contribution in [2.45, 2.75) is 167 Å². The first kappa shape index (κ1) is 47.1. The zero-order valence-corrected chi connectivity index (χ0v) is 35.7. The molecule has 2 bridgehead atoms. The SMILES string of the molecule is CC[C@@H]1/C=C(\C)C[C@H](C)CC(OC)[C@H]2O[C@@](O)(C(=O)C(=O)N3[C@@H](OC)CC[C@H]3C(=O)O[C@H](/C(C)=C/[C@@H]3CC[C@@H](O)[C@H](OC)C3)[C@H](C)[C@@H](O)CC1=O)[C@H](C)C[C@@H]2OC. The van der Waals surface area contributed by atoms with Crippen LogP contribution in [0.3, 0.4) is 0 Å². The number of ether oxygens (including phenoxy) is 6. The molecule has 3 heterocycles. The minimum atomic E-state index is -2.57. The second kappa shape index (κ2) is 20.6. The van der Waals surface area contributed by atoms with E-state index in [1.54, 1.807) is 27.9 Å². The molecule has 3 fully saturated rings. The molecule has 1 saturated carbocycles. The van der Waals surface area contributed by atoms with Crippen LogP contribution in [-0.2, 0) is 47.6 Å². The number of esters is 1.